The van der Waals surface area contributed by atoms with E-state index in [0.29, 0.717) is 11.3 Å². The molecule has 2 rings (SSSR count). The van der Waals surface area contributed by atoms with E-state index in [9.17, 15) is 9.59 Å². The van der Waals surface area contributed by atoms with Gasteiger partial charge in [-0.3, -0.25) is 5.32 Å². The number of hydrogen-bond donors (Lipinski definition) is 1. The van der Waals surface area contributed by atoms with Crippen LogP contribution in [0.25, 0.3) is 10.8 Å². The lowest BCUT2D eigenvalue weighted by molar-refractivity contribution is 0.00715. The second-order valence-electron chi connectivity index (χ2n) is 7.87. The fourth-order valence-electron chi connectivity index (χ4n) is 2.31. The van der Waals surface area contributed by atoms with Gasteiger partial charge in [0, 0.05) is 5.69 Å². The third-order valence-corrected chi connectivity index (χ3v) is 3.13. The molecular weight excluding hydrogens is 318 g/mol. The number of amides is 1. The Hall–Kier alpha value is -2.56. The van der Waals surface area contributed by atoms with Gasteiger partial charge in [0.15, 0.2) is 0 Å². The van der Waals surface area contributed by atoms with Crippen LogP contribution in [0.3, 0.4) is 0 Å². The molecule has 0 saturated heterocycles. The van der Waals surface area contributed by atoms with Crippen LogP contribution in [0.2, 0.25) is 0 Å². The highest BCUT2D eigenvalue weighted by Gasteiger charge is 2.21. The van der Waals surface area contributed by atoms with Crippen molar-refractivity contribution in [3.63, 3.8) is 0 Å². The smallest absolute Gasteiger partial charge is 0.412 e. The van der Waals surface area contributed by atoms with E-state index in [4.69, 9.17) is 9.47 Å². The van der Waals surface area contributed by atoms with E-state index in [1.165, 1.54) is 0 Å². The number of hydrogen-bond acceptors (Lipinski definition) is 4. The lowest BCUT2D eigenvalue weighted by Crippen LogP contribution is -2.27. The molecule has 0 aliphatic carbocycles. The summed E-state index contributed by atoms with van der Waals surface area (Å²) in [5, 5.41) is 4.28. The SMILES string of the molecule is CC(C)(C)OC(=O)Nc1cc(C(=O)OC(C)(C)C)c2ccccc2c1. The molecule has 0 fully saturated rings. The Kier molecular flexibility index (Phi) is 5.07. The third kappa shape index (κ3) is 5.48. The Morgan fingerprint density at radius 3 is 2.08 bits per heavy atom. The molecule has 0 aromatic heterocycles. The summed E-state index contributed by atoms with van der Waals surface area (Å²) in [7, 11) is 0. The first-order chi connectivity index (χ1) is 11.4. The molecule has 0 aliphatic rings. The first-order valence-electron chi connectivity index (χ1n) is 8.21. The molecule has 0 unspecified atom stereocenters. The summed E-state index contributed by atoms with van der Waals surface area (Å²) < 4.78 is 10.8. The van der Waals surface area contributed by atoms with Crippen LogP contribution in [0.15, 0.2) is 36.4 Å². The molecule has 0 saturated carbocycles. The molecule has 25 heavy (non-hydrogen) atoms. The Morgan fingerprint density at radius 2 is 1.48 bits per heavy atom. The maximum absolute atomic E-state index is 12.6. The van der Waals surface area contributed by atoms with Crippen molar-refractivity contribution in [1.82, 2.24) is 0 Å². The minimum absolute atomic E-state index is 0.402. The van der Waals surface area contributed by atoms with E-state index in [2.05, 4.69) is 5.32 Å². The van der Waals surface area contributed by atoms with Gasteiger partial charge in [-0.15, -0.1) is 0 Å². The van der Waals surface area contributed by atoms with Gasteiger partial charge in [0.05, 0.1) is 5.56 Å². The maximum Gasteiger partial charge on any atom is 0.412 e. The molecule has 5 nitrogen and oxygen atoms in total. The largest absolute Gasteiger partial charge is 0.456 e. The third-order valence-electron chi connectivity index (χ3n) is 3.13. The zero-order chi connectivity index (χ0) is 18.8. The fourth-order valence-corrected chi connectivity index (χ4v) is 2.31. The fraction of sp³-hybridized carbons (Fsp3) is 0.400. The van der Waals surface area contributed by atoms with Crippen LogP contribution in [-0.4, -0.2) is 23.3 Å². The molecule has 1 amide bonds. The van der Waals surface area contributed by atoms with E-state index >= 15 is 0 Å². The highest BCUT2D eigenvalue weighted by atomic mass is 16.6. The Bertz CT molecular complexity index is 797. The molecule has 0 bridgehead atoms. The average molecular weight is 343 g/mol. The molecule has 5 heteroatoms. The van der Waals surface area contributed by atoms with Crippen molar-refractivity contribution >= 4 is 28.5 Å². The van der Waals surface area contributed by atoms with Gasteiger partial charge in [0.25, 0.3) is 0 Å². The van der Waals surface area contributed by atoms with E-state index in [1.807, 2.05) is 45.0 Å². The minimum Gasteiger partial charge on any atom is -0.456 e. The van der Waals surface area contributed by atoms with Crippen molar-refractivity contribution in [3.8, 4) is 0 Å². The van der Waals surface area contributed by atoms with Crippen LogP contribution >= 0.6 is 0 Å². The number of ether oxygens (including phenoxy) is 2. The van der Waals surface area contributed by atoms with Crippen molar-refractivity contribution in [2.75, 3.05) is 5.32 Å². The molecular formula is C20H25NO4. The highest BCUT2D eigenvalue weighted by Crippen LogP contribution is 2.26. The molecule has 2 aromatic carbocycles. The molecule has 0 atom stereocenters. The van der Waals surface area contributed by atoms with Crippen molar-refractivity contribution in [2.45, 2.75) is 52.7 Å². The summed E-state index contributed by atoms with van der Waals surface area (Å²) in [5.74, 6) is -0.434. The molecule has 0 heterocycles. The topological polar surface area (TPSA) is 64.6 Å². The van der Waals surface area contributed by atoms with Gasteiger partial charge in [0.1, 0.15) is 11.2 Å². The van der Waals surface area contributed by atoms with Gasteiger partial charge in [-0.1, -0.05) is 24.3 Å². The summed E-state index contributed by atoms with van der Waals surface area (Å²) in [6.07, 6.45) is -0.571. The predicted octanol–water partition coefficient (Wildman–Crippen LogP) is 5.14. The quantitative estimate of drug-likeness (QED) is 0.767. The summed E-state index contributed by atoms with van der Waals surface area (Å²) >= 11 is 0. The second kappa shape index (κ2) is 6.75. The zero-order valence-corrected chi connectivity index (χ0v) is 15.6. The van der Waals surface area contributed by atoms with Gasteiger partial charge >= 0.3 is 12.1 Å². The maximum atomic E-state index is 12.6. The molecule has 0 aliphatic heterocycles. The first kappa shape index (κ1) is 18.8. The summed E-state index contributed by atoms with van der Waals surface area (Å²) in [6.45, 7) is 10.8. The number of carbonyl (C=O) groups is 2. The molecule has 0 radical (unpaired) electrons. The van der Waals surface area contributed by atoms with E-state index < -0.39 is 23.3 Å². The second-order valence-corrected chi connectivity index (χ2v) is 7.87. The lowest BCUT2D eigenvalue weighted by Gasteiger charge is -2.21. The Balaban J connectivity index is 2.40. The number of fused-ring (bicyclic) bond motifs is 1. The van der Waals surface area contributed by atoms with Crippen LogP contribution < -0.4 is 5.32 Å². The lowest BCUT2D eigenvalue weighted by atomic mass is 10.0. The average Bonchev–Trinajstić information content (AvgIpc) is 2.42. The zero-order valence-electron chi connectivity index (χ0n) is 15.6. The van der Waals surface area contributed by atoms with Crippen LogP contribution in [0, 0.1) is 0 Å². The van der Waals surface area contributed by atoms with Gasteiger partial charge < -0.3 is 9.47 Å². The summed E-state index contributed by atoms with van der Waals surface area (Å²) in [5.41, 5.74) is -0.324. The van der Waals surface area contributed by atoms with Crippen molar-refractivity contribution in [2.24, 2.45) is 0 Å². The molecule has 1 N–H and O–H groups in total. The van der Waals surface area contributed by atoms with Crippen molar-refractivity contribution in [3.05, 3.63) is 42.0 Å². The van der Waals surface area contributed by atoms with Crippen LogP contribution in [0.4, 0.5) is 10.5 Å². The van der Waals surface area contributed by atoms with Crippen LogP contribution in [0.5, 0.6) is 0 Å². The standard InChI is InChI=1S/C20H25NO4/c1-19(2,3)24-17(22)16-12-14(21-18(23)25-20(4,5)6)11-13-9-7-8-10-15(13)16/h7-12H,1-6H3,(H,21,23). The Morgan fingerprint density at radius 1 is 0.880 bits per heavy atom. The van der Waals surface area contributed by atoms with Crippen molar-refractivity contribution < 1.29 is 19.1 Å². The molecule has 0 spiro atoms. The number of anilines is 1. The predicted molar refractivity (Wildman–Crippen MR) is 99.0 cm³/mol. The van der Waals surface area contributed by atoms with Gasteiger partial charge in [-0.2, -0.15) is 0 Å². The molecule has 2 aromatic rings. The summed E-state index contributed by atoms with van der Waals surface area (Å²) in [6, 6.07) is 10.9. The van der Waals surface area contributed by atoms with E-state index in [-0.39, 0.29) is 0 Å². The van der Waals surface area contributed by atoms with Crippen LogP contribution in [-0.2, 0) is 9.47 Å². The van der Waals surface area contributed by atoms with E-state index in [1.54, 1.807) is 32.9 Å². The normalized spacial score (nSPS) is 11.9. The first-order valence-corrected chi connectivity index (χ1v) is 8.21. The number of benzene rings is 2. The minimum atomic E-state index is -0.604. The monoisotopic (exact) mass is 343 g/mol. The van der Waals surface area contributed by atoms with E-state index in [0.717, 1.165) is 10.8 Å². The number of carbonyl (C=O) groups excluding carboxylic acids is 2. The van der Waals surface area contributed by atoms with Gasteiger partial charge in [0.2, 0.25) is 0 Å². The van der Waals surface area contributed by atoms with Crippen molar-refractivity contribution in [1.29, 1.82) is 0 Å². The highest BCUT2D eigenvalue weighted by molar-refractivity contribution is 6.07. The molecule has 134 valence electrons. The van der Waals surface area contributed by atoms with Gasteiger partial charge in [-0.05, 0) is 64.4 Å². The number of rotatable bonds is 2. The number of esters is 1. The van der Waals surface area contributed by atoms with Gasteiger partial charge in [-0.25, -0.2) is 9.59 Å². The summed E-state index contributed by atoms with van der Waals surface area (Å²) in [4.78, 5) is 24.6. The van der Waals surface area contributed by atoms with Crippen LogP contribution in [0.1, 0.15) is 51.9 Å². The number of nitrogens with one attached hydrogen (secondary N) is 1. The Labute approximate surface area is 148 Å².